The van der Waals surface area contributed by atoms with Crippen LogP contribution >= 0.6 is 31.9 Å². The van der Waals surface area contributed by atoms with Crippen molar-refractivity contribution in [2.75, 3.05) is 0 Å². The zero-order valence-electron chi connectivity index (χ0n) is 6.11. The summed E-state index contributed by atoms with van der Waals surface area (Å²) in [5.74, 6) is 0. The molecule has 0 aromatic heterocycles. The summed E-state index contributed by atoms with van der Waals surface area (Å²) in [5.41, 5.74) is 1.46. The third kappa shape index (κ3) is 2.59. The smallest absolute Gasteiger partial charge is 0.423 e. The van der Waals surface area contributed by atoms with Gasteiger partial charge in [-0.15, -0.1) is 0 Å². The number of halogens is 2. The molecule has 1 aromatic rings. The Labute approximate surface area is 88.0 Å². The Morgan fingerprint density at radius 2 is 1.92 bits per heavy atom. The van der Waals surface area contributed by atoms with Crippen molar-refractivity contribution in [3.05, 3.63) is 29.8 Å². The zero-order valence-corrected chi connectivity index (χ0v) is 9.29. The molecular formula is C7H7BBr2O2. The Balaban J connectivity index is 2.96. The Morgan fingerprint density at radius 3 is 2.42 bits per heavy atom. The lowest BCUT2D eigenvalue weighted by Gasteiger charge is -2.04. The van der Waals surface area contributed by atoms with Gasteiger partial charge >= 0.3 is 7.12 Å². The van der Waals surface area contributed by atoms with Crippen molar-refractivity contribution in [3.8, 4) is 0 Å². The molecule has 1 rings (SSSR count). The highest BCUT2D eigenvalue weighted by Gasteiger charge is 2.12. The first-order valence-electron chi connectivity index (χ1n) is 3.35. The maximum absolute atomic E-state index is 8.85. The molecular weight excluding hydrogens is 287 g/mol. The molecule has 12 heavy (non-hydrogen) atoms. The summed E-state index contributed by atoms with van der Waals surface area (Å²) in [4.78, 5) is 0. The highest BCUT2D eigenvalue weighted by molar-refractivity contribution is 9.24. The molecule has 1 aromatic carbocycles. The molecule has 2 nitrogen and oxygen atoms in total. The number of hydrogen-bond donors (Lipinski definition) is 2. The standard InChI is InChI=1S/C7H7BBr2O2/c9-7(10)5-2-1-3-6(4-5)8(11)12/h1-4,7,11-12H. The van der Waals surface area contributed by atoms with E-state index in [4.69, 9.17) is 10.0 Å². The minimum absolute atomic E-state index is 0.0451. The van der Waals surface area contributed by atoms with Gasteiger partial charge in [0.05, 0.1) is 3.74 Å². The fourth-order valence-electron chi connectivity index (χ4n) is 0.855. The highest BCUT2D eigenvalue weighted by Crippen LogP contribution is 2.27. The Bertz CT molecular complexity index is 242. The van der Waals surface area contributed by atoms with Crippen molar-refractivity contribution < 1.29 is 10.0 Å². The zero-order chi connectivity index (χ0) is 9.14. The van der Waals surface area contributed by atoms with Gasteiger partial charge in [-0.2, -0.15) is 0 Å². The van der Waals surface area contributed by atoms with Crippen molar-refractivity contribution in [2.24, 2.45) is 0 Å². The van der Waals surface area contributed by atoms with Gasteiger partial charge in [0.2, 0.25) is 0 Å². The molecule has 0 unspecified atom stereocenters. The third-order valence-electron chi connectivity index (χ3n) is 1.46. The van der Waals surface area contributed by atoms with Gasteiger partial charge < -0.3 is 10.0 Å². The molecule has 0 saturated carbocycles. The molecule has 0 fully saturated rings. The predicted octanol–water partition coefficient (Wildman–Crippen LogP) is 1.15. The second-order valence-corrected chi connectivity index (χ2v) is 5.40. The summed E-state index contributed by atoms with van der Waals surface area (Å²) < 4.78 is 0.0451. The van der Waals surface area contributed by atoms with Crippen molar-refractivity contribution in [3.63, 3.8) is 0 Å². The average Bonchev–Trinajstić information content (AvgIpc) is 2.04. The highest BCUT2D eigenvalue weighted by atomic mass is 79.9. The monoisotopic (exact) mass is 292 g/mol. The van der Waals surface area contributed by atoms with Gasteiger partial charge in [-0.25, -0.2) is 0 Å². The number of hydrogen-bond acceptors (Lipinski definition) is 2. The first kappa shape index (κ1) is 10.2. The Hall–Kier alpha value is 0.165. The van der Waals surface area contributed by atoms with E-state index in [0.29, 0.717) is 5.46 Å². The topological polar surface area (TPSA) is 40.5 Å². The Kier molecular flexibility index (Phi) is 3.77. The van der Waals surface area contributed by atoms with Gasteiger partial charge in [0.15, 0.2) is 0 Å². The van der Waals surface area contributed by atoms with Gasteiger partial charge in [0.25, 0.3) is 0 Å². The van der Waals surface area contributed by atoms with Gasteiger partial charge in [0, 0.05) is 0 Å². The first-order valence-corrected chi connectivity index (χ1v) is 5.18. The molecule has 0 radical (unpaired) electrons. The molecule has 0 aliphatic rings. The fraction of sp³-hybridized carbons (Fsp3) is 0.143. The van der Waals surface area contributed by atoms with Crippen LogP contribution in [0.25, 0.3) is 0 Å². The van der Waals surface area contributed by atoms with Gasteiger partial charge in [-0.3, -0.25) is 0 Å². The van der Waals surface area contributed by atoms with Crippen LogP contribution in [-0.2, 0) is 0 Å². The summed E-state index contributed by atoms with van der Waals surface area (Å²) in [6.07, 6.45) is 0. The van der Waals surface area contributed by atoms with E-state index in [1.807, 2.05) is 6.07 Å². The molecule has 0 saturated heterocycles. The van der Waals surface area contributed by atoms with Crippen LogP contribution in [0.1, 0.15) is 9.30 Å². The molecule has 5 heteroatoms. The number of rotatable bonds is 2. The van der Waals surface area contributed by atoms with Gasteiger partial charge in [-0.05, 0) is 11.0 Å². The largest absolute Gasteiger partial charge is 0.488 e. The van der Waals surface area contributed by atoms with Crippen LogP contribution in [0.3, 0.4) is 0 Å². The van der Waals surface area contributed by atoms with Crippen molar-refractivity contribution in [1.29, 1.82) is 0 Å². The van der Waals surface area contributed by atoms with E-state index in [0.717, 1.165) is 5.56 Å². The van der Waals surface area contributed by atoms with Gasteiger partial charge in [-0.1, -0.05) is 56.1 Å². The van der Waals surface area contributed by atoms with E-state index in [1.165, 1.54) is 0 Å². The van der Waals surface area contributed by atoms with Crippen molar-refractivity contribution in [2.45, 2.75) is 3.74 Å². The van der Waals surface area contributed by atoms with Crippen LogP contribution in [-0.4, -0.2) is 17.2 Å². The average molecular weight is 294 g/mol. The molecule has 0 spiro atoms. The molecule has 0 bridgehead atoms. The van der Waals surface area contributed by atoms with E-state index in [1.54, 1.807) is 18.2 Å². The van der Waals surface area contributed by atoms with Crippen LogP contribution in [0.4, 0.5) is 0 Å². The fourth-order valence-corrected chi connectivity index (χ4v) is 1.42. The van der Waals surface area contributed by atoms with Gasteiger partial charge in [0.1, 0.15) is 0 Å². The van der Waals surface area contributed by atoms with Crippen LogP contribution in [0.5, 0.6) is 0 Å². The molecule has 0 heterocycles. The minimum Gasteiger partial charge on any atom is -0.423 e. The van der Waals surface area contributed by atoms with E-state index < -0.39 is 7.12 Å². The number of alkyl halides is 2. The van der Waals surface area contributed by atoms with E-state index in [-0.39, 0.29) is 3.74 Å². The van der Waals surface area contributed by atoms with E-state index >= 15 is 0 Å². The van der Waals surface area contributed by atoms with E-state index in [2.05, 4.69) is 31.9 Å². The van der Waals surface area contributed by atoms with E-state index in [9.17, 15) is 0 Å². The Morgan fingerprint density at radius 1 is 1.25 bits per heavy atom. The van der Waals surface area contributed by atoms with Crippen molar-refractivity contribution >= 4 is 44.4 Å². The van der Waals surface area contributed by atoms with Crippen molar-refractivity contribution in [1.82, 2.24) is 0 Å². The molecule has 2 N–H and O–H groups in total. The normalized spacial score (nSPS) is 10.4. The lowest BCUT2D eigenvalue weighted by atomic mass is 9.80. The molecule has 64 valence electrons. The summed E-state index contributed by atoms with van der Waals surface area (Å²) in [5, 5.41) is 17.7. The lowest BCUT2D eigenvalue weighted by molar-refractivity contribution is 0.425. The SMILES string of the molecule is OB(O)c1cccc(C(Br)Br)c1. The molecule has 0 aliphatic carbocycles. The summed E-state index contributed by atoms with van der Waals surface area (Å²) in [7, 11) is -1.40. The summed E-state index contributed by atoms with van der Waals surface area (Å²) >= 11 is 6.64. The maximum atomic E-state index is 8.85. The van der Waals surface area contributed by atoms with Crippen LogP contribution < -0.4 is 5.46 Å². The predicted molar refractivity (Wildman–Crippen MR) is 56.9 cm³/mol. The first-order chi connectivity index (χ1) is 5.61. The van der Waals surface area contributed by atoms with Crippen LogP contribution in [0.15, 0.2) is 24.3 Å². The molecule has 0 amide bonds. The summed E-state index contributed by atoms with van der Waals surface area (Å²) in [6.45, 7) is 0. The summed E-state index contributed by atoms with van der Waals surface area (Å²) in [6, 6.07) is 7.05. The second kappa shape index (κ2) is 4.41. The lowest BCUT2D eigenvalue weighted by Crippen LogP contribution is -2.29. The minimum atomic E-state index is -1.40. The number of benzene rings is 1. The quantitative estimate of drug-likeness (QED) is 0.634. The third-order valence-corrected chi connectivity index (χ3v) is 2.52. The van der Waals surface area contributed by atoms with Crippen LogP contribution in [0, 0.1) is 0 Å². The molecule has 0 aliphatic heterocycles. The maximum Gasteiger partial charge on any atom is 0.488 e. The second-order valence-electron chi connectivity index (χ2n) is 2.34. The van der Waals surface area contributed by atoms with Crippen LogP contribution in [0.2, 0.25) is 0 Å². The molecule has 0 atom stereocenters.